The standard InChI is InChI=1S/C23H29FN4O3/c1-17(23(30)25-15-18-5-3-4-6-21(18)24)27(2)16-22(29)26-19-7-9-20(10-8-19)28-11-13-31-14-12-28/h3-10,17H,11-16H2,1-2H3,(H,25,30)(H,26,29)/t17-/m1/s1. The van der Waals surface area contributed by atoms with Crippen LogP contribution in [0.4, 0.5) is 15.8 Å². The molecular weight excluding hydrogens is 399 g/mol. The molecule has 2 N–H and O–H groups in total. The van der Waals surface area contributed by atoms with Gasteiger partial charge in [0.25, 0.3) is 0 Å². The molecular formula is C23H29FN4O3. The molecule has 166 valence electrons. The Balaban J connectivity index is 1.45. The van der Waals surface area contributed by atoms with Gasteiger partial charge in [0.15, 0.2) is 0 Å². The third-order valence-electron chi connectivity index (χ3n) is 5.37. The summed E-state index contributed by atoms with van der Waals surface area (Å²) < 4.78 is 19.1. The maximum atomic E-state index is 13.7. The minimum absolute atomic E-state index is 0.0551. The molecule has 3 rings (SSSR count). The Hall–Kier alpha value is -2.97. The normalized spacial score (nSPS) is 14.9. The van der Waals surface area contributed by atoms with E-state index in [1.807, 2.05) is 24.3 Å². The van der Waals surface area contributed by atoms with Gasteiger partial charge < -0.3 is 20.3 Å². The van der Waals surface area contributed by atoms with Gasteiger partial charge in [-0.15, -0.1) is 0 Å². The number of halogens is 1. The van der Waals surface area contributed by atoms with Crippen LogP contribution in [0.2, 0.25) is 0 Å². The second kappa shape index (κ2) is 10.9. The smallest absolute Gasteiger partial charge is 0.238 e. The second-order valence-corrected chi connectivity index (χ2v) is 7.59. The molecule has 1 heterocycles. The zero-order valence-electron chi connectivity index (χ0n) is 17.9. The minimum Gasteiger partial charge on any atom is -0.378 e. The summed E-state index contributed by atoms with van der Waals surface area (Å²) in [4.78, 5) is 28.7. The van der Waals surface area contributed by atoms with Gasteiger partial charge in [-0.05, 0) is 44.3 Å². The summed E-state index contributed by atoms with van der Waals surface area (Å²) in [5.41, 5.74) is 2.22. The average Bonchev–Trinajstić information content (AvgIpc) is 2.78. The Morgan fingerprint density at radius 1 is 1.13 bits per heavy atom. The van der Waals surface area contributed by atoms with E-state index in [0.29, 0.717) is 11.3 Å². The fourth-order valence-electron chi connectivity index (χ4n) is 3.31. The van der Waals surface area contributed by atoms with Crippen LogP contribution < -0.4 is 15.5 Å². The van der Waals surface area contributed by atoms with Crippen LogP contribution in [-0.2, 0) is 20.9 Å². The molecule has 1 aliphatic rings. The van der Waals surface area contributed by atoms with Gasteiger partial charge in [-0.3, -0.25) is 14.5 Å². The van der Waals surface area contributed by atoms with Crippen LogP contribution in [0.5, 0.6) is 0 Å². The number of carbonyl (C=O) groups is 2. The van der Waals surface area contributed by atoms with Gasteiger partial charge in [0.05, 0.1) is 25.8 Å². The molecule has 31 heavy (non-hydrogen) atoms. The SMILES string of the molecule is C[C@H](C(=O)NCc1ccccc1F)N(C)CC(=O)Nc1ccc(N2CCOCC2)cc1. The molecule has 2 aromatic rings. The lowest BCUT2D eigenvalue weighted by Crippen LogP contribution is -2.45. The van der Waals surface area contributed by atoms with E-state index < -0.39 is 6.04 Å². The molecule has 0 bridgehead atoms. The first-order valence-corrected chi connectivity index (χ1v) is 10.4. The lowest BCUT2D eigenvalue weighted by Gasteiger charge is -2.29. The molecule has 7 nitrogen and oxygen atoms in total. The summed E-state index contributed by atoms with van der Waals surface area (Å²) in [6.07, 6.45) is 0. The third-order valence-corrected chi connectivity index (χ3v) is 5.37. The maximum absolute atomic E-state index is 13.7. The number of morpholine rings is 1. The van der Waals surface area contributed by atoms with Gasteiger partial charge in [0.2, 0.25) is 11.8 Å². The van der Waals surface area contributed by atoms with Crippen molar-refractivity contribution in [1.29, 1.82) is 0 Å². The van der Waals surface area contributed by atoms with Gasteiger partial charge in [-0.2, -0.15) is 0 Å². The molecule has 0 aromatic heterocycles. The Kier molecular flexibility index (Phi) is 7.97. The second-order valence-electron chi connectivity index (χ2n) is 7.59. The highest BCUT2D eigenvalue weighted by Gasteiger charge is 2.20. The van der Waals surface area contributed by atoms with E-state index in [0.717, 1.165) is 32.0 Å². The van der Waals surface area contributed by atoms with Gasteiger partial charge in [-0.1, -0.05) is 18.2 Å². The first kappa shape index (κ1) is 22.7. The maximum Gasteiger partial charge on any atom is 0.238 e. The fourth-order valence-corrected chi connectivity index (χ4v) is 3.31. The predicted molar refractivity (Wildman–Crippen MR) is 118 cm³/mol. The lowest BCUT2D eigenvalue weighted by molar-refractivity contribution is -0.126. The highest BCUT2D eigenvalue weighted by Crippen LogP contribution is 2.19. The highest BCUT2D eigenvalue weighted by molar-refractivity contribution is 5.93. The van der Waals surface area contributed by atoms with Crippen LogP contribution in [0, 0.1) is 5.82 Å². The van der Waals surface area contributed by atoms with Crippen LogP contribution in [0.15, 0.2) is 48.5 Å². The number of benzene rings is 2. The van der Waals surface area contributed by atoms with Gasteiger partial charge in [0, 0.05) is 36.6 Å². The van der Waals surface area contributed by atoms with Crippen molar-refractivity contribution in [2.45, 2.75) is 19.5 Å². The van der Waals surface area contributed by atoms with Crippen molar-refractivity contribution in [3.63, 3.8) is 0 Å². The zero-order chi connectivity index (χ0) is 22.2. The zero-order valence-corrected chi connectivity index (χ0v) is 17.9. The first-order valence-electron chi connectivity index (χ1n) is 10.4. The molecule has 2 amide bonds. The third kappa shape index (κ3) is 6.50. The van der Waals surface area contributed by atoms with Crippen LogP contribution >= 0.6 is 0 Å². The molecule has 1 aliphatic heterocycles. The van der Waals surface area contributed by atoms with E-state index in [4.69, 9.17) is 4.74 Å². The average molecular weight is 429 g/mol. The molecule has 1 atom stereocenters. The van der Waals surface area contributed by atoms with Crippen molar-refractivity contribution < 1.29 is 18.7 Å². The van der Waals surface area contributed by atoms with Gasteiger partial charge >= 0.3 is 0 Å². The van der Waals surface area contributed by atoms with Gasteiger partial charge in [-0.25, -0.2) is 4.39 Å². The van der Waals surface area contributed by atoms with Crippen molar-refractivity contribution in [3.8, 4) is 0 Å². The molecule has 0 radical (unpaired) electrons. The number of anilines is 2. The summed E-state index contributed by atoms with van der Waals surface area (Å²) in [5.74, 6) is -0.841. The predicted octanol–water partition coefficient (Wildman–Crippen LogP) is 2.24. The van der Waals surface area contributed by atoms with E-state index >= 15 is 0 Å². The summed E-state index contributed by atoms with van der Waals surface area (Å²) in [7, 11) is 1.70. The number of hydrogen-bond donors (Lipinski definition) is 2. The summed E-state index contributed by atoms with van der Waals surface area (Å²) in [5, 5.41) is 5.57. The summed E-state index contributed by atoms with van der Waals surface area (Å²) in [6, 6.07) is 13.5. The fraction of sp³-hybridized carbons (Fsp3) is 0.391. The Labute approximate surface area is 182 Å². The molecule has 8 heteroatoms. The number of rotatable bonds is 8. The first-order chi connectivity index (χ1) is 14.9. The molecule has 0 saturated carbocycles. The minimum atomic E-state index is -0.541. The molecule has 0 aliphatic carbocycles. The number of carbonyl (C=O) groups excluding carboxylic acids is 2. The molecule has 2 aromatic carbocycles. The largest absolute Gasteiger partial charge is 0.378 e. The summed E-state index contributed by atoms with van der Waals surface area (Å²) in [6.45, 7) is 5.01. The lowest BCUT2D eigenvalue weighted by atomic mass is 10.2. The topological polar surface area (TPSA) is 73.9 Å². The Morgan fingerprint density at radius 2 is 1.81 bits per heavy atom. The van der Waals surface area contributed by atoms with Crippen molar-refractivity contribution in [3.05, 3.63) is 59.9 Å². The van der Waals surface area contributed by atoms with E-state index in [9.17, 15) is 14.0 Å². The number of ether oxygens (including phenoxy) is 1. The quantitative estimate of drug-likeness (QED) is 0.675. The van der Waals surface area contributed by atoms with Crippen LogP contribution in [0.25, 0.3) is 0 Å². The van der Waals surface area contributed by atoms with Crippen LogP contribution in [0.1, 0.15) is 12.5 Å². The van der Waals surface area contributed by atoms with Crippen molar-refractivity contribution in [2.24, 2.45) is 0 Å². The number of nitrogens with zero attached hydrogens (tertiary/aromatic N) is 2. The van der Waals surface area contributed by atoms with E-state index in [2.05, 4.69) is 15.5 Å². The number of likely N-dealkylation sites (N-methyl/N-ethyl adjacent to an activating group) is 1. The van der Waals surface area contributed by atoms with Crippen molar-refractivity contribution in [2.75, 3.05) is 50.1 Å². The molecule has 0 spiro atoms. The summed E-state index contributed by atoms with van der Waals surface area (Å²) >= 11 is 0. The van der Waals surface area contributed by atoms with Crippen molar-refractivity contribution in [1.82, 2.24) is 10.2 Å². The van der Waals surface area contributed by atoms with E-state index in [1.54, 1.807) is 37.1 Å². The highest BCUT2D eigenvalue weighted by atomic mass is 19.1. The number of hydrogen-bond acceptors (Lipinski definition) is 5. The molecule has 1 saturated heterocycles. The Bertz CT molecular complexity index is 885. The van der Waals surface area contributed by atoms with E-state index in [-0.39, 0.29) is 30.7 Å². The van der Waals surface area contributed by atoms with Crippen LogP contribution in [-0.4, -0.2) is 62.7 Å². The Morgan fingerprint density at radius 3 is 2.48 bits per heavy atom. The molecule has 0 unspecified atom stereocenters. The monoisotopic (exact) mass is 428 g/mol. The van der Waals surface area contributed by atoms with Crippen molar-refractivity contribution >= 4 is 23.2 Å². The molecule has 1 fully saturated rings. The number of amides is 2. The van der Waals surface area contributed by atoms with Crippen LogP contribution in [0.3, 0.4) is 0 Å². The number of nitrogens with one attached hydrogen (secondary N) is 2. The van der Waals surface area contributed by atoms with E-state index in [1.165, 1.54) is 6.07 Å². The van der Waals surface area contributed by atoms with Gasteiger partial charge in [0.1, 0.15) is 5.82 Å².